The van der Waals surface area contributed by atoms with Crippen molar-refractivity contribution in [3.8, 4) is 0 Å². The molecule has 0 radical (unpaired) electrons. The minimum Gasteiger partial charge on any atom is -0.469 e. The molecule has 16 heavy (non-hydrogen) atoms. The van der Waals surface area contributed by atoms with Gasteiger partial charge in [0, 0.05) is 25.3 Å². The summed E-state index contributed by atoms with van der Waals surface area (Å²) in [4.78, 5) is 4.54. The normalized spacial score (nSPS) is 19.2. The van der Waals surface area contributed by atoms with Crippen LogP contribution in [-0.4, -0.2) is 24.0 Å². The van der Waals surface area contributed by atoms with Crippen LogP contribution >= 0.6 is 11.8 Å². The largest absolute Gasteiger partial charge is 0.469 e. The van der Waals surface area contributed by atoms with E-state index in [-0.39, 0.29) is 0 Å². The van der Waals surface area contributed by atoms with Gasteiger partial charge in [0.1, 0.15) is 5.76 Å². The molecule has 2 heterocycles. The molecule has 4 heteroatoms. The second kappa shape index (κ2) is 4.95. The Hall–Kier alpha value is -0.900. The van der Waals surface area contributed by atoms with Crippen LogP contribution in [0.1, 0.15) is 19.6 Å². The summed E-state index contributed by atoms with van der Waals surface area (Å²) < 4.78 is 5.27. The summed E-state index contributed by atoms with van der Waals surface area (Å²) in [5, 5.41) is 4.43. The summed E-state index contributed by atoms with van der Waals surface area (Å²) in [6.45, 7) is 6.31. The summed E-state index contributed by atoms with van der Waals surface area (Å²) in [6.07, 6.45) is 2.63. The van der Waals surface area contributed by atoms with Crippen LogP contribution in [0.4, 0.5) is 0 Å². The predicted molar refractivity (Wildman–Crippen MR) is 69.0 cm³/mol. The van der Waals surface area contributed by atoms with E-state index in [0.29, 0.717) is 5.41 Å². The first-order valence-electron chi connectivity index (χ1n) is 5.59. The Morgan fingerprint density at radius 2 is 2.44 bits per heavy atom. The standard InChI is InChI=1S/C12H18N2OS/c1-12(2)8-14-11(16-9-12)13-6-5-10-4-3-7-15-10/h3-4,7H,5-6,8-9H2,1-2H3,(H,13,14). The summed E-state index contributed by atoms with van der Waals surface area (Å²) in [5.41, 5.74) is 0.344. The maximum absolute atomic E-state index is 5.27. The molecule has 0 unspecified atom stereocenters. The van der Waals surface area contributed by atoms with Crippen molar-refractivity contribution in [3.05, 3.63) is 24.2 Å². The van der Waals surface area contributed by atoms with E-state index in [4.69, 9.17) is 4.42 Å². The molecule has 1 aromatic rings. The van der Waals surface area contributed by atoms with E-state index in [1.807, 2.05) is 23.9 Å². The van der Waals surface area contributed by atoms with Crippen LogP contribution in [0.25, 0.3) is 0 Å². The summed E-state index contributed by atoms with van der Waals surface area (Å²) in [6, 6.07) is 3.92. The van der Waals surface area contributed by atoms with Crippen LogP contribution in [0, 0.1) is 5.41 Å². The van der Waals surface area contributed by atoms with Gasteiger partial charge in [0.05, 0.1) is 6.26 Å². The molecular weight excluding hydrogens is 220 g/mol. The van der Waals surface area contributed by atoms with Crippen LogP contribution in [0.5, 0.6) is 0 Å². The van der Waals surface area contributed by atoms with E-state index in [0.717, 1.165) is 36.2 Å². The first-order valence-corrected chi connectivity index (χ1v) is 6.58. The second-order valence-electron chi connectivity index (χ2n) is 4.83. The van der Waals surface area contributed by atoms with Gasteiger partial charge in [-0.3, -0.25) is 4.99 Å². The number of rotatable bonds is 3. The lowest BCUT2D eigenvalue weighted by molar-refractivity contribution is 0.436. The van der Waals surface area contributed by atoms with Crippen molar-refractivity contribution in [3.63, 3.8) is 0 Å². The van der Waals surface area contributed by atoms with Crippen molar-refractivity contribution in [2.75, 3.05) is 18.8 Å². The minimum absolute atomic E-state index is 0.344. The van der Waals surface area contributed by atoms with E-state index in [1.54, 1.807) is 6.26 Å². The number of nitrogens with zero attached hydrogens (tertiary/aromatic N) is 1. The average molecular weight is 238 g/mol. The predicted octanol–water partition coefficient (Wildman–Crippen LogP) is 2.54. The molecule has 0 spiro atoms. The van der Waals surface area contributed by atoms with Crippen LogP contribution in [0.2, 0.25) is 0 Å². The lowest BCUT2D eigenvalue weighted by Crippen LogP contribution is -2.32. The minimum atomic E-state index is 0.344. The Labute approximate surface area is 101 Å². The Bertz CT molecular complexity index is 357. The van der Waals surface area contributed by atoms with Gasteiger partial charge in [0.2, 0.25) is 0 Å². The van der Waals surface area contributed by atoms with Crippen LogP contribution < -0.4 is 5.32 Å². The second-order valence-corrected chi connectivity index (χ2v) is 5.79. The Morgan fingerprint density at radius 1 is 1.56 bits per heavy atom. The molecule has 1 aromatic heterocycles. The van der Waals surface area contributed by atoms with Crippen molar-refractivity contribution < 1.29 is 4.42 Å². The molecular formula is C12H18N2OS. The highest BCUT2D eigenvalue weighted by atomic mass is 32.2. The smallest absolute Gasteiger partial charge is 0.156 e. The number of thioether (sulfide) groups is 1. The fourth-order valence-corrected chi connectivity index (χ4v) is 2.47. The fourth-order valence-electron chi connectivity index (χ4n) is 1.50. The first kappa shape index (κ1) is 11.6. The lowest BCUT2D eigenvalue weighted by Gasteiger charge is -2.27. The molecule has 1 aliphatic rings. The summed E-state index contributed by atoms with van der Waals surface area (Å²) in [7, 11) is 0. The van der Waals surface area contributed by atoms with Crippen LogP contribution in [0.3, 0.4) is 0 Å². The van der Waals surface area contributed by atoms with E-state index < -0.39 is 0 Å². The summed E-state index contributed by atoms with van der Waals surface area (Å²) in [5.74, 6) is 2.16. The number of furan rings is 1. The maximum Gasteiger partial charge on any atom is 0.156 e. The Kier molecular flexibility index (Phi) is 3.59. The maximum atomic E-state index is 5.27. The first-order chi connectivity index (χ1) is 7.66. The van der Waals surface area contributed by atoms with Gasteiger partial charge in [-0.15, -0.1) is 0 Å². The molecule has 0 fully saturated rings. The molecule has 1 aliphatic heterocycles. The molecule has 0 atom stereocenters. The van der Waals surface area contributed by atoms with Gasteiger partial charge in [-0.05, 0) is 17.5 Å². The molecule has 1 N–H and O–H groups in total. The molecule has 0 bridgehead atoms. The van der Waals surface area contributed by atoms with Gasteiger partial charge >= 0.3 is 0 Å². The highest BCUT2D eigenvalue weighted by Gasteiger charge is 2.22. The van der Waals surface area contributed by atoms with E-state index >= 15 is 0 Å². The average Bonchev–Trinajstić information content (AvgIpc) is 2.73. The Morgan fingerprint density at radius 3 is 3.06 bits per heavy atom. The van der Waals surface area contributed by atoms with Crippen molar-refractivity contribution in [2.24, 2.45) is 10.4 Å². The zero-order valence-electron chi connectivity index (χ0n) is 9.82. The van der Waals surface area contributed by atoms with Gasteiger partial charge in [-0.1, -0.05) is 25.6 Å². The van der Waals surface area contributed by atoms with Gasteiger partial charge in [0.15, 0.2) is 5.17 Å². The molecule has 88 valence electrons. The number of hydrogen-bond donors (Lipinski definition) is 1. The van der Waals surface area contributed by atoms with E-state index in [2.05, 4.69) is 24.2 Å². The third kappa shape index (κ3) is 3.30. The third-order valence-corrected chi connectivity index (χ3v) is 3.95. The SMILES string of the molecule is CC1(C)CN=C(NCCc2ccco2)SC1. The molecule has 0 saturated carbocycles. The number of amidine groups is 1. The topological polar surface area (TPSA) is 37.5 Å². The Balaban J connectivity index is 1.73. The molecule has 2 rings (SSSR count). The van der Waals surface area contributed by atoms with Gasteiger partial charge < -0.3 is 9.73 Å². The number of nitrogens with one attached hydrogen (secondary N) is 1. The van der Waals surface area contributed by atoms with Crippen LogP contribution in [-0.2, 0) is 6.42 Å². The van der Waals surface area contributed by atoms with Crippen molar-refractivity contribution >= 4 is 16.9 Å². The fraction of sp³-hybridized carbons (Fsp3) is 0.583. The number of hydrogen-bond acceptors (Lipinski definition) is 4. The van der Waals surface area contributed by atoms with Crippen LogP contribution in [0.15, 0.2) is 27.8 Å². The van der Waals surface area contributed by atoms with E-state index in [1.165, 1.54) is 0 Å². The van der Waals surface area contributed by atoms with Crippen molar-refractivity contribution in [1.29, 1.82) is 0 Å². The monoisotopic (exact) mass is 238 g/mol. The zero-order valence-corrected chi connectivity index (χ0v) is 10.6. The van der Waals surface area contributed by atoms with Crippen molar-refractivity contribution in [2.45, 2.75) is 20.3 Å². The number of aliphatic imine (C=N–C) groups is 1. The van der Waals surface area contributed by atoms with Gasteiger partial charge in [0.25, 0.3) is 0 Å². The quantitative estimate of drug-likeness (QED) is 0.879. The van der Waals surface area contributed by atoms with Gasteiger partial charge in [-0.25, -0.2) is 0 Å². The lowest BCUT2D eigenvalue weighted by atomic mass is 9.97. The zero-order chi connectivity index (χ0) is 11.4. The highest BCUT2D eigenvalue weighted by molar-refractivity contribution is 8.13. The molecule has 0 amide bonds. The molecule has 0 aromatic carbocycles. The summed E-state index contributed by atoms with van der Waals surface area (Å²) >= 11 is 1.82. The van der Waals surface area contributed by atoms with Crippen molar-refractivity contribution in [1.82, 2.24) is 5.32 Å². The van der Waals surface area contributed by atoms with E-state index in [9.17, 15) is 0 Å². The highest BCUT2D eigenvalue weighted by Crippen LogP contribution is 2.26. The third-order valence-electron chi connectivity index (χ3n) is 2.48. The van der Waals surface area contributed by atoms with Gasteiger partial charge in [-0.2, -0.15) is 0 Å². The molecule has 3 nitrogen and oxygen atoms in total. The molecule has 0 aliphatic carbocycles. The molecule has 0 saturated heterocycles.